The highest BCUT2D eigenvalue weighted by molar-refractivity contribution is 14.1. The van der Waals surface area contributed by atoms with Crippen LogP contribution in [0.4, 0.5) is 5.69 Å². The van der Waals surface area contributed by atoms with Crippen LogP contribution in [-0.4, -0.2) is 23.7 Å². The van der Waals surface area contributed by atoms with Gasteiger partial charge in [-0.3, -0.25) is 0 Å². The quantitative estimate of drug-likeness (QED) is 0.428. The van der Waals surface area contributed by atoms with Crippen molar-refractivity contribution in [2.45, 2.75) is 22.9 Å². The average molecular weight is 443 g/mol. The molecule has 1 rings (SSSR count). The van der Waals surface area contributed by atoms with E-state index in [1.54, 1.807) is 0 Å². The Labute approximate surface area is 148 Å². The largest absolute Gasteiger partial charge is 0.378 e. The minimum absolute atomic E-state index is 0. The molecule has 0 saturated carbocycles. The van der Waals surface area contributed by atoms with Crippen LogP contribution in [0.5, 0.6) is 0 Å². The smallest absolute Gasteiger partial charge is 0.0871 e. The second-order valence-electron chi connectivity index (χ2n) is 4.45. The normalized spacial score (nSPS) is 14.0. The summed E-state index contributed by atoms with van der Waals surface area (Å²) in [4.78, 5) is 2.08. The molecule has 0 radical (unpaired) electrons. The first-order valence-corrected chi connectivity index (χ1v) is 6.40. The number of nitrogens with zero attached hydrogens (tertiary/aromatic N) is 1. The summed E-state index contributed by atoms with van der Waals surface area (Å²) < 4.78 is -0.378. The second-order valence-corrected chi connectivity index (χ2v) is 6.46. The van der Waals surface area contributed by atoms with Crippen molar-refractivity contribution in [2.24, 2.45) is 11.5 Å². The summed E-state index contributed by atoms with van der Waals surface area (Å²) in [5.74, 6) is 0. The molecule has 3 nitrogen and oxygen atoms in total. The molecule has 2 atom stereocenters. The van der Waals surface area contributed by atoms with Gasteiger partial charge in [-0.05, 0) is 24.6 Å². The maximum Gasteiger partial charge on any atom is 0.0871 e. The zero-order valence-corrected chi connectivity index (χ0v) is 15.9. The molecule has 4 N–H and O–H groups in total. The summed E-state index contributed by atoms with van der Waals surface area (Å²) in [7, 11) is 4.06. The molecule has 0 aliphatic heterocycles. The van der Waals surface area contributed by atoms with Gasteiger partial charge in [-0.15, -0.1) is 37.2 Å². The molecule has 19 heavy (non-hydrogen) atoms. The molecule has 0 aliphatic carbocycles. The number of rotatable bonds is 4. The minimum atomic E-state index is -0.378. The standard InChI is InChI=1S/C12H20IN3.3ClH/c1-9(14)12(13,15)8-10-4-6-11(7-5-10)16(2)3;;;/h4-7,9H,8,14-15H2,1-3H3;3*1H. The lowest BCUT2D eigenvalue weighted by molar-refractivity contribution is 0.534. The molecule has 0 spiro atoms. The summed E-state index contributed by atoms with van der Waals surface area (Å²) in [5.41, 5.74) is 14.4. The lowest BCUT2D eigenvalue weighted by atomic mass is 10.0. The van der Waals surface area contributed by atoms with Gasteiger partial charge in [-0.1, -0.05) is 34.7 Å². The Bertz CT molecular complexity index is 343. The van der Waals surface area contributed by atoms with E-state index in [-0.39, 0.29) is 46.8 Å². The lowest BCUT2D eigenvalue weighted by Crippen LogP contribution is -2.50. The minimum Gasteiger partial charge on any atom is -0.378 e. The maximum atomic E-state index is 6.14. The van der Waals surface area contributed by atoms with Crippen molar-refractivity contribution in [3.8, 4) is 0 Å². The van der Waals surface area contributed by atoms with Gasteiger partial charge in [-0.2, -0.15) is 0 Å². The van der Waals surface area contributed by atoms with Crippen molar-refractivity contribution in [3.63, 3.8) is 0 Å². The molecule has 114 valence electrons. The van der Waals surface area contributed by atoms with Gasteiger partial charge in [-0.25, -0.2) is 0 Å². The summed E-state index contributed by atoms with van der Waals surface area (Å²) >= 11 is 2.23. The van der Waals surface area contributed by atoms with Crippen LogP contribution in [0.1, 0.15) is 12.5 Å². The summed E-state index contributed by atoms with van der Waals surface area (Å²) in [6, 6.07) is 8.39. The fourth-order valence-corrected chi connectivity index (χ4v) is 1.83. The van der Waals surface area contributed by atoms with Crippen LogP contribution in [0.3, 0.4) is 0 Å². The predicted octanol–water partition coefficient (Wildman–Crippen LogP) is 3.00. The van der Waals surface area contributed by atoms with Crippen molar-refractivity contribution in [3.05, 3.63) is 29.8 Å². The molecule has 0 aromatic heterocycles. The number of hydrogen-bond acceptors (Lipinski definition) is 3. The Morgan fingerprint density at radius 1 is 1.16 bits per heavy atom. The van der Waals surface area contributed by atoms with Crippen molar-refractivity contribution in [1.29, 1.82) is 0 Å². The molecular weight excluding hydrogens is 419 g/mol. The zero-order valence-electron chi connectivity index (χ0n) is 11.3. The van der Waals surface area contributed by atoms with E-state index in [1.807, 2.05) is 21.0 Å². The molecular formula is C12H23Cl3IN3. The highest BCUT2D eigenvalue weighted by Crippen LogP contribution is 2.22. The maximum absolute atomic E-state index is 6.14. The molecule has 2 unspecified atom stereocenters. The summed E-state index contributed by atoms with van der Waals surface area (Å²) in [6.07, 6.45) is 0.791. The predicted molar refractivity (Wildman–Crippen MR) is 101 cm³/mol. The van der Waals surface area contributed by atoms with Crippen LogP contribution in [-0.2, 0) is 6.42 Å². The van der Waals surface area contributed by atoms with E-state index in [0.717, 1.165) is 6.42 Å². The van der Waals surface area contributed by atoms with E-state index in [0.29, 0.717) is 0 Å². The fourth-order valence-electron chi connectivity index (χ4n) is 1.39. The molecule has 7 heteroatoms. The molecule has 0 bridgehead atoms. The van der Waals surface area contributed by atoms with Gasteiger partial charge in [0.2, 0.25) is 0 Å². The Morgan fingerprint density at radius 2 is 1.58 bits per heavy atom. The summed E-state index contributed by atoms with van der Waals surface area (Å²) in [5, 5.41) is 0. The van der Waals surface area contributed by atoms with E-state index < -0.39 is 0 Å². The number of hydrogen-bond donors (Lipinski definition) is 2. The average Bonchev–Trinajstić information content (AvgIpc) is 2.17. The van der Waals surface area contributed by atoms with Gasteiger partial charge < -0.3 is 16.4 Å². The first-order chi connectivity index (χ1) is 7.33. The highest BCUT2D eigenvalue weighted by Gasteiger charge is 2.25. The highest BCUT2D eigenvalue weighted by atomic mass is 127. The van der Waals surface area contributed by atoms with E-state index in [4.69, 9.17) is 11.5 Å². The Kier molecular flexibility index (Phi) is 13.3. The topological polar surface area (TPSA) is 55.3 Å². The van der Waals surface area contributed by atoms with Crippen LogP contribution in [0.15, 0.2) is 24.3 Å². The SMILES string of the molecule is CC(N)C(N)(I)Cc1ccc(N(C)C)cc1.Cl.Cl.Cl. The number of halogens is 4. The monoisotopic (exact) mass is 441 g/mol. The first kappa shape index (κ1) is 24.6. The third-order valence-electron chi connectivity index (χ3n) is 2.68. The number of anilines is 1. The third kappa shape index (κ3) is 7.78. The molecule has 0 heterocycles. The van der Waals surface area contributed by atoms with Crippen molar-refractivity contribution in [2.75, 3.05) is 19.0 Å². The molecule has 1 aromatic carbocycles. The van der Waals surface area contributed by atoms with E-state index in [2.05, 4.69) is 51.8 Å². The molecule has 0 saturated heterocycles. The fraction of sp³-hybridized carbons (Fsp3) is 0.500. The Morgan fingerprint density at radius 3 is 1.89 bits per heavy atom. The van der Waals surface area contributed by atoms with Crippen molar-refractivity contribution >= 4 is 65.5 Å². The Hall–Kier alpha value is 0.540. The van der Waals surface area contributed by atoms with Crippen LogP contribution in [0.2, 0.25) is 0 Å². The van der Waals surface area contributed by atoms with Gasteiger partial charge in [0, 0.05) is 32.2 Å². The van der Waals surface area contributed by atoms with Gasteiger partial charge in [0.05, 0.1) is 3.55 Å². The number of alkyl halides is 1. The molecule has 0 aliphatic rings. The third-order valence-corrected chi connectivity index (χ3v) is 4.05. The van der Waals surface area contributed by atoms with Gasteiger partial charge in [0.25, 0.3) is 0 Å². The van der Waals surface area contributed by atoms with Gasteiger partial charge in [0.1, 0.15) is 0 Å². The van der Waals surface area contributed by atoms with E-state index >= 15 is 0 Å². The molecule has 0 fully saturated rings. The van der Waals surface area contributed by atoms with Crippen LogP contribution < -0.4 is 16.4 Å². The summed E-state index contributed by atoms with van der Waals surface area (Å²) in [6.45, 7) is 1.95. The Balaban J connectivity index is -0.000000853. The van der Waals surface area contributed by atoms with E-state index in [9.17, 15) is 0 Å². The van der Waals surface area contributed by atoms with Gasteiger partial charge >= 0.3 is 0 Å². The van der Waals surface area contributed by atoms with Gasteiger partial charge in [0.15, 0.2) is 0 Å². The van der Waals surface area contributed by atoms with E-state index in [1.165, 1.54) is 11.3 Å². The number of benzene rings is 1. The van der Waals surface area contributed by atoms with Crippen LogP contribution >= 0.6 is 59.8 Å². The van der Waals surface area contributed by atoms with Crippen molar-refractivity contribution in [1.82, 2.24) is 0 Å². The first-order valence-electron chi connectivity index (χ1n) is 5.32. The van der Waals surface area contributed by atoms with Crippen LogP contribution in [0.25, 0.3) is 0 Å². The number of nitrogens with two attached hydrogens (primary N) is 2. The zero-order chi connectivity index (χ0) is 12.3. The van der Waals surface area contributed by atoms with Crippen LogP contribution in [0, 0.1) is 0 Å². The second kappa shape index (κ2) is 10.3. The van der Waals surface area contributed by atoms with Crippen molar-refractivity contribution < 1.29 is 0 Å². The lowest BCUT2D eigenvalue weighted by Gasteiger charge is -2.27. The molecule has 1 aromatic rings. The molecule has 0 amide bonds.